The van der Waals surface area contributed by atoms with E-state index >= 15 is 0 Å². The van der Waals surface area contributed by atoms with Gasteiger partial charge in [0, 0.05) is 24.8 Å². The predicted octanol–water partition coefficient (Wildman–Crippen LogP) is 1.49. The third-order valence-corrected chi connectivity index (χ3v) is 5.91. The molecule has 0 aliphatic carbocycles. The lowest BCUT2D eigenvalue weighted by molar-refractivity contribution is 0.204. The molecule has 0 amide bonds. The second-order valence-corrected chi connectivity index (χ2v) is 6.93. The number of hydrogen-bond acceptors (Lipinski definition) is 4. The molecule has 0 radical (unpaired) electrons. The van der Waals surface area contributed by atoms with Gasteiger partial charge in [-0.2, -0.15) is 4.31 Å². The quantitative estimate of drug-likeness (QED) is 0.912. The standard InChI is InChI=1S/C13H21N3O2S/c1-10-5-3-6-11(2)16(10)19(17,18)13-7-4-8-15-12(13)9-14/h4,7-8,10-11H,3,5-6,9,14H2,1-2H3. The summed E-state index contributed by atoms with van der Waals surface area (Å²) in [6.07, 6.45) is 4.46. The molecule has 0 aromatic carbocycles. The maximum atomic E-state index is 12.8. The summed E-state index contributed by atoms with van der Waals surface area (Å²) in [6, 6.07) is 3.29. The van der Waals surface area contributed by atoms with Crippen molar-refractivity contribution < 1.29 is 8.42 Å². The van der Waals surface area contributed by atoms with Gasteiger partial charge in [-0.25, -0.2) is 8.42 Å². The first kappa shape index (κ1) is 14.4. The molecular formula is C13H21N3O2S. The molecule has 1 aromatic rings. The van der Waals surface area contributed by atoms with Crippen molar-refractivity contribution in [2.75, 3.05) is 0 Å². The highest BCUT2D eigenvalue weighted by atomic mass is 32.2. The molecule has 19 heavy (non-hydrogen) atoms. The summed E-state index contributed by atoms with van der Waals surface area (Å²) in [5.74, 6) is 0. The van der Waals surface area contributed by atoms with E-state index in [9.17, 15) is 8.42 Å². The van der Waals surface area contributed by atoms with Crippen LogP contribution >= 0.6 is 0 Å². The SMILES string of the molecule is CC1CCCC(C)N1S(=O)(=O)c1cccnc1CN. The van der Waals surface area contributed by atoms with Crippen LogP contribution in [0, 0.1) is 0 Å². The second-order valence-electron chi connectivity index (χ2n) is 5.12. The first-order chi connectivity index (χ1) is 8.98. The molecule has 0 bridgehead atoms. The van der Waals surface area contributed by atoms with Gasteiger partial charge >= 0.3 is 0 Å². The number of rotatable bonds is 3. The Kier molecular flexibility index (Phi) is 4.23. The highest BCUT2D eigenvalue weighted by Crippen LogP contribution is 2.30. The minimum absolute atomic E-state index is 0.0274. The van der Waals surface area contributed by atoms with Crippen LogP contribution in [0.5, 0.6) is 0 Å². The molecule has 1 fully saturated rings. The molecule has 0 spiro atoms. The summed E-state index contributed by atoms with van der Waals surface area (Å²) in [6.45, 7) is 4.06. The van der Waals surface area contributed by atoms with Crippen LogP contribution in [0.3, 0.4) is 0 Å². The van der Waals surface area contributed by atoms with Gasteiger partial charge in [0.1, 0.15) is 4.90 Å². The van der Waals surface area contributed by atoms with Crippen molar-refractivity contribution in [3.05, 3.63) is 24.0 Å². The Bertz CT molecular complexity index is 535. The van der Waals surface area contributed by atoms with E-state index in [1.165, 1.54) is 0 Å². The Balaban J connectivity index is 2.46. The Morgan fingerprint density at radius 3 is 2.58 bits per heavy atom. The largest absolute Gasteiger partial charge is 0.325 e. The van der Waals surface area contributed by atoms with E-state index in [-0.39, 0.29) is 23.5 Å². The topological polar surface area (TPSA) is 76.3 Å². The van der Waals surface area contributed by atoms with E-state index in [2.05, 4.69) is 4.98 Å². The van der Waals surface area contributed by atoms with Crippen molar-refractivity contribution in [2.45, 2.75) is 56.6 Å². The fourth-order valence-electron chi connectivity index (χ4n) is 2.80. The molecule has 6 heteroatoms. The fourth-order valence-corrected chi connectivity index (χ4v) is 4.87. The summed E-state index contributed by atoms with van der Waals surface area (Å²) in [5.41, 5.74) is 6.04. The average Bonchev–Trinajstić information content (AvgIpc) is 2.38. The van der Waals surface area contributed by atoms with Crippen LogP contribution in [0.25, 0.3) is 0 Å². The van der Waals surface area contributed by atoms with E-state index in [0.717, 1.165) is 19.3 Å². The van der Waals surface area contributed by atoms with E-state index < -0.39 is 10.0 Å². The summed E-state index contributed by atoms with van der Waals surface area (Å²) in [5, 5.41) is 0. The lowest BCUT2D eigenvalue weighted by Gasteiger charge is -2.37. The average molecular weight is 283 g/mol. The maximum Gasteiger partial charge on any atom is 0.245 e. The molecule has 2 atom stereocenters. The van der Waals surface area contributed by atoms with Gasteiger partial charge in [0.05, 0.1) is 5.69 Å². The van der Waals surface area contributed by atoms with Crippen LogP contribution in [-0.4, -0.2) is 29.8 Å². The number of pyridine rings is 1. The van der Waals surface area contributed by atoms with Crippen molar-refractivity contribution in [3.8, 4) is 0 Å². The molecule has 1 aromatic heterocycles. The normalized spacial score (nSPS) is 25.4. The third-order valence-electron chi connectivity index (χ3n) is 3.71. The van der Waals surface area contributed by atoms with E-state index in [1.807, 2.05) is 13.8 Å². The number of hydrogen-bond donors (Lipinski definition) is 1. The van der Waals surface area contributed by atoms with E-state index in [0.29, 0.717) is 5.69 Å². The second kappa shape index (κ2) is 5.56. The first-order valence-corrected chi connectivity index (χ1v) is 8.10. The number of piperidine rings is 1. The summed E-state index contributed by atoms with van der Waals surface area (Å²) >= 11 is 0. The van der Waals surface area contributed by atoms with Gasteiger partial charge in [-0.05, 0) is 38.8 Å². The van der Waals surface area contributed by atoms with Crippen molar-refractivity contribution in [1.82, 2.24) is 9.29 Å². The molecule has 1 saturated heterocycles. The van der Waals surface area contributed by atoms with Crippen molar-refractivity contribution in [3.63, 3.8) is 0 Å². The molecule has 5 nitrogen and oxygen atoms in total. The molecule has 2 rings (SSSR count). The zero-order valence-electron chi connectivity index (χ0n) is 11.4. The minimum Gasteiger partial charge on any atom is -0.325 e. The van der Waals surface area contributed by atoms with Gasteiger partial charge in [0.2, 0.25) is 10.0 Å². The molecule has 0 saturated carbocycles. The van der Waals surface area contributed by atoms with Gasteiger partial charge in [-0.3, -0.25) is 4.98 Å². The molecule has 2 unspecified atom stereocenters. The number of nitrogens with two attached hydrogens (primary N) is 1. The predicted molar refractivity (Wildman–Crippen MR) is 73.9 cm³/mol. The highest BCUT2D eigenvalue weighted by Gasteiger charge is 2.36. The summed E-state index contributed by atoms with van der Waals surface area (Å²) in [7, 11) is -3.51. The number of aromatic nitrogens is 1. The monoisotopic (exact) mass is 283 g/mol. The van der Waals surface area contributed by atoms with Gasteiger partial charge in [0.15, 0.2) is 0 Å². The molecule has 106 valence electrons. The Hall–Kier alpha value is -0.980. The van der Waals surface area contributed by atoms with Crippen LogP contribution in [0.1, 0.15) is 38.8 Å². The highest BCUT2D eigenvalue weighted by molar-refractivity contribution is 7.89. The van der Waals surface area contributed by atoms with Crippen molar-refractivity contribution in [2.24, 2.45) is 5.73 Å². The van der Waals surface area contributed by atoms with Crippen LogP contribution in [-0.2, 0) is 16.6 Å². The van der Waals surface area contributed by atoms with Gasteiger partial charge in [0.25, 0.3) is 0 Å². The van der Waals surface area contributed by atoms with Crippen molar-refractivity contribution >= 4 is 10.0 Å². The lowest BCUT2D eigenvalue weighted by Crippen LogP contribution is -2.47. The van der Waals surface area contributed by atoms with Crippen LogP contribution in [0.4, 0.5) is 0 Å². The van der Waals surface area contributed by atoms with Gasteiger partial charge in [-0.1, -0.05) is 6.42 Å². The Morgan fingerprint density at radius 1 is 1.37 bits per heavy atom. The first-order valence-electron chi connectivity index (χ1n) is 6.66. The number of nitrogens with zero attached hydrogens (tertiary/aromatic N) is 2. The third kappa shape index (κ3) is 2.66. The van der Waals surface area contributed by atoms with Gasteiger partial charge < -0.3 is 5.73 Å². The lowest BCUT2D eigenvalue weighted by atomic mass is 10.0. The zero-order valence-corrected chi connectivity index (χ0v) is 12.2. The summed E-state index contributed by atoms with van der Waals surface area (Å²) in [4.78, 5) is 4.33. The maximum absolute atomic E-state index is 12.8. The van der Waals surface area contributed by atoms with E-state index in [4.69, 9.17) is 5.73 Å². The molecule has 1 aliphatic heterocycles. The summed E-state index contributed by atoms with van der Waals surface area (Å²) < 4.78 is 27.3. The van der Waals surface area contributed by atoms with Crippen LogP contribution in [0.15, 0.2) is 23.2 Å². The van der Waals surface area contributed by atoms with Crippen LogP contribution < -0.4 is 5.73 Å². The molecule has 1 aliphatic rings. The zero-order chi connectivity index (χ0) is 14.0. The minimum atomic E-state index is -3.51. The van der Waals surface area contributed by atoms with Crippen LogP contribution in [0.2, 0.25) is 0 Å². The smallest absolute Gasteiger partial charge is 0.245 e. The van der Waals surface area contributed by atoms with E-state index in [1.54, 1.807) is 22.6 Å². The molecular weight excluding hydrogens is 262 g/mol. The Morgan fingerprint density at radius 2 is 2.00 bits per heavy atom. The molecule has 2 heterocycles. The Labute approximate surface area is 114 Å². The molecule has 2 N–H and O–H groups in total. The van der Waals surface area contributed by atoms with Crippen molar-refractivity contribution in [1.29, 1.82) is 0 Å². The van der Waals surface area contributed by atoms with Gasteiger partial charge in [-0.15, -0.1) is 0 Å². The number of sulfonamides is 1. The fraction of sp³-hybridized carbons (Fsp3) is 0.615.